The first-order valence-corrected chi connectivity index (χ1v) is 6.11. The van der Waals surface area contributed by atoms with E-state index in [2.05, 4.69) is 15.9 Å². The molecule has 0 aliphatic heterocycles. The Morgan fingerprint density at radius 3 is 2.71 bits per heavy atom. The molecule has 1 aromatic carbocycles. The van der Waals surface area contributed by atoms with E-state index in [-0.39, 0.29) is 0 Å². The predicted octanol–water partition coefficient (Wildman–Crippen LogP) is 3.64. The van der Waals surface area contributed by atoms with Gasteiger partial charge in [0.05, 0.1) is 0 Å². The standard InChI is InChI=1S/C13H12BrNO2/c1-2-15-11(6-7-12(15)13(16)17)9-4-3-5-10(14)8-9/h3-8H,2H2,1H3,(H,16,17). The highest BCUT2D eigenvalue weighted by atomic mass is 79.9. The van der Waals surface area contributed by atoms with Gasteiger partial charge in [-0.25, -0.2) is 4.79 Å². The number of rotatable bonds is 3. The Bertz CT molecular complexity index is 560. The molecule has 0 fully saturated rings. The summed E-state index contributed by atoms with van der Waals surface area (Å²) >= 11 is 3.42. The molecule has 0 radical (unpaired) electrons. The highest BCUT2D eigenvalue weighted by molar-refractivity contribution is 9.10. The van der Waals surface area contributed by atoms with Crippen molar-refractivity contribution in [1.29, 1.82) is 0 Å². The zero-order valence-corrected chi connectivity index (χ0v) is 10.9. The largest absolute Gasteiger partial charge is 0.477 e. The van der Waals surface area contributed by atoms with Gasteiger partial charge in [-0.05, 0) is 36.8 Å². The van der Waals surface area contributed by atoms with Crippen LogP contribution in [-0.2, 0) is 6.54 Å². The summed E-state index contributed by atoms with van der Waals surface area (Å²) in [7, 11) is 0. The fourth-order valence-corrected chi connectivity index (χ4v) is 2.29. The highest BCUT2D eigenvalue weighted by Gasteiger charge is 2.13. The fraction of sp³-hybridized carbons (Fsp3) is 0.154. The molecule has 0 amide bonds. The lowest BCUT2D eigenvalue weighted by Crippen LogP contribution is -2.08. The Morgan fingerprint density at radius 1 is 1.35 bits per heavy atom. The van der Waals surface area contributed by atoms with Crippen molar-refractivity contribution in [2.24, 2.45) is 0 Å². The quantitative estimate of drug-likeness (QED) is 0.939. The lowest BCUT2D eigenvalue weighted by atomic mass is 10.1. The van der Waals surface area contributed by atoms with Crippen LogP contribution in [0, 0.1) is 0 Å². The third-order valence-corrected chi connectivity index (χ3v) is 3.13. The molecule has 1 aromatic heterocycles. The maximum atomic E-state index is 11.1. The van der Waals surface area contributed by atoms with Gasteiger partial charge in [-0.1, -0.05) is 28.1 Å². The Labute approximate surface area is 108 Å². The average molecular weight is 294 g/mol. The SMILES string of the molecule is CCn1c(C(=O)O)ccc1-c1cccc(Br)c1. The van der Waals surface area contributed by atoms with Gasteiger partial charge < -0.3 is 9.67 Å². The molecule has 17 heavy (non-hydrogen) atoms. The van der Waals surface area contributed by atoms with Gasteiger partial charge in [-0.3, -0.25) is 0 Å². The van der Waals surface area contributed by atoms with Crippen LogP contribution in [0.25, 0.3) is 11.3 Å². The first kappa shape index (κ1) is 11.9. The number of carboxylic acids is 1. The molecule has 88 valence electrons. The zero-order chi connectivity index (χ0) is 12.4. The van der Waals surface area contributed by atoms with Crippen LogP contribution in [0.3, 0.4) is 0 Å². The lowest BCUT2D eigenvalue weighted by Gasteiger charge is -2.09. The van der Waals surface area contributed by atoms with Crippen molar-refractivity contribution < 1.29 is 9.90 Å². The fourth-order valence-electron chi connectivity index (χ4n) is 1.89. The summed E-state index contributed by atoms with van der Waals surface area (Å²) in [5, 5.41) is 9.08. The number of carboxylic acid groups (broad SMARTS) is 1. The van der Waals surface area contributed by atoms with E-state index in [1.54, 1.807) is 10.6 Å². The first-order valence-electron chi connectivity index (χ1n) is 5.32. The van der Waals surface area contributed by atoms with E-state index in [0.717, 1.165) is 15.7 Å². The van der Waals surface area contributed by atoms with Gasteiger partial charge in [0.2, 0.25) is 0 Å². The molecule has 0 bridgehead atoms. The van der Waals surface area contributed by atoms with Gasteiger partial charge in [0, 0.05) is 16.7 Å². The summed E-state index contributed by atoms with van der Waals surface area (Å²) in [4.78, 5) is 11.1. The molecule has 1 N–H and O–H groups in total. The summed E-state index contributed by atoms with van der Waals surface area (Å²) in [5.41, 5.74) is 2.25. The van der Waals surface area contributed by atoms with Crippen molar-refractivity contribution in [2.45, 2.75) is 13.5 Å². The van der Waals surface area contributed by atoms with Crippen LogP contribution in [0.15, 0.2) is 40.9 Å². The minimum absolute atomic E-state index is 0.322. The molecule has 3 nitrogen and oxygen atoms in total. The molecule has 0 saturated carbocycles. The number of halogens is 1. The van der Waals surface area contributed by atoms with Gasteiger partial charge in [-0.15, -0.1) is 0 Å². The maximum absolute atomic E-state index is 11.1. The van der Waals surface area contributed by atoms with Crippen molar-refractivity contribution >= 4 is 21.9 Å². The smallest absolute Gasteiger partial charge is 0.352 e. The van der Waals surface area contributed by atoms with E-state index in [0.29, 0.717) is 12.2 Å². The molecule has 0 spiro atoms. The normalized spacial score (nSPS) is 10.5. The Balaban J connectivity index is 2.56. The minimum atomic E-state index is -0.895. The molecule has 0 unspecified atom stereocenters. The molecule has 0 atom stereocenters. The number of nitrogens with zero attached hydrogens (tertiary/aromatic N) is 1. The van der Waals surface area contributed by atoms with Gasteiger partial charge in [0.15, 0.2) is 0 Å². The predicted molar refractivity (Wildman–Crippen MR) is 70.2 cm³/mol. The zero-order valence-electron chi connectivity index (χ0n) is 9.35. The van der Waals surface area contributed by atoms with E-state index >= 15 is 0 Å². The summed E-state index contributed by atoms with van der Waals surface area (Å²) in [6.07, 6.45) is 0. The number of aromatic carboxylic acids is 1. The van der Waals surface area contributed by atoms with Crippen LogP contribution in [0.2, 0.25) is 0 Å². The second kappa shape index (κ2) is 4.75. The van der Waals surface area contributed by atoms with Crippen LogP contribution < -0.4 is 0 Å². The van der Waals surface area contributed by atoms with Crippen molar-refractivity contribution in [3.05, 3.63) is 46.6 Å². The molecule has 2 aromatic rings. The number of hydrogen-bond acceptors (Lipinski definition) is 1. The Kier molecular flexibility index (Phi) is 3.33. The third-order valence-electron chi connectivity index (χ3n) is 2.64. The Hall–Kier alpha value is -1.55. The number of aromatic nitrogens is 1. The van der Waals surface area contributed by atoms with Crippen LogP contribution in [0.5, 0.6) is 0 Å². The molecule has 0 saturated heterocycles. The number of hydrogen-bond donors (Lipinski definition) is 1. The van der Waals surface area contributed by atoms with Crippen LogP contribution in [0.4, 0.5) is 0 Å². The van der Waals surface area contributed by atoms with E-state index in [9.17, 15) is 4.79 Å². The van der Waals surface area contributed by atoms with Gasteiger partial charge >= 0.3 is 5.97 Å². The number of benzene rings is 1. The summed E-state index contributed by atoms with van der Waals surface area (Å²) in [6.45, 7) is 2.57. The molecule has 0 aliphatic carbocycles. The average Bonchev–Trinajstić information content (AvgIpc) is 2.72. The van der Waals surface area contributed by atoms with E-state index in [4.69, 9.17) is 5.11 Å². The molecule has 1 heterocycles. The van der Waals surface area contributed by atoms with Gasteiger partial charge in [0.1, 0.15) is 5.69 Å². The van der Waals surface area contributed by atoms with Crippen LogP contribution in [0.1, 0.15) is 17.4 Å². The first-order chi connectivity index (χ1) is 8.13. The van der Waals surface area contributed by atoms with E-state index in [1.807, 2.05) is 37.3 Å². The van der Waals surface area contributed by atoms with Crippen molar-refractivity contribution in [1.82, 2.24) is 4.57 Å². The summed E-state index contributed by atoms with van der Waals surface area (Å²) in [6, 6.07) is 11.3. The molecule has 0 aliphatic rings. The summed E-state index contributed by atoms with van der Waals surface area (Å²) in [5.74, 6) is -0.895. The second-order valence-electron chi connectivity index (χ2n) is 3.66. The van der Waals surface area contributed by atoms with Gasteiger partial charge in [0.25, 0.3) is 0 Å². The van der Waals surface area contributed by atoms with Gasteiger partial charge in [-0.2, -0.15) is 0 Å². The summed E-state index contributed by atoms with van der Waals surface area (Å²) < 4.78 is 2.78. The van der Waals surface area contributed by atoms with Crippen molar-refractivity contribution in [2.75, 3.05) is 0 Å². The molecule has 4 heteroatoms. The third kappa shape index (κ3) is 2.26. The monoisotopic (exact) mass is 293 g/mol. The maximum Gasteiger partial charge on any atom is 0.352 e. The van der Waals surface area contributed by atoms with E-state index < -0.39 is 5.97 Å². The molecular weight excluding hydrogens is 282 g/mol. The second-order valence-corrected chi connectivity index (χ2v) is 4.58. The highest BCUT2D eigenvalue weighted by Crippen LogP contribution is 2.25. The van der Waals surface area contributed by atoms with Crippen molar-refractivity contribution in [3.8, 4) is 11.3 Å². The Morgan fingerprint density at radius 2 is 2.12 bits per heavy atom. The molecular formula is C13H12BrNO2. The van der Waals surface area contributed by atoms with Crippen molar-refractivity contribution in [3.63, 3.8) is 0 Å². The topological polar surface area (TPSA) is 42.2 Å². The van der Waals surface area contributed by atoms with Crippen LogP contribution >= 0.6 is 15.9 Å². The molecule has 2 rings (SSSR count). The lowest BCUT2D eigenvalue weighted by molar-refractivity contribution is 0.0685. The number of carbonyl (C=O) groups is 1. The van der Waals surface area contributed by atoms with Crippen LogP contribution in [-0.4, -0.2) is 15.6 Å². The minimum Gasteiger partial charge on any atom is -0.477 e. The van der Waals surface area contributed by atoms with E-state index in [1.165, 1.54) is 0 Å².